The molecular formula is C16H18BrNOS. The third-order valence-corrected chi connectivity index (χ3v) is 5.30. The molecule has 1 unspecified atom stereocenters. The molecule has 0 aliphatic heterocycles. The van der Waals surface area contributed by atoms with Crippen LogP contribution in [0.1, 0.15) is 36.2 Å². The van der Waals surface area contributed by atoms with Crippen molar-refractivity contribution in [3.63, 3.8) is 0 Å². The van der Waals surface area contributed by atoms with E-state index in [2.05, 4.69) is 39.4 Å². The third kappa shape index (κ3) is 3.01. The first kappa shape index (κ1) is 14.0. The number of hydrogen-bond acceptors (Lipinski definition) is 3. The normalized spacial score (nSPS) is 17.6. The molecule has 0 saturated heterocycles. The summed E-state index contributed by atoms with van der Waals surface area (Å²) >= 11 is 5.48. The average Bonchev–Trinajstić information content (AvgIpc) is 2.83. The number of fused-ring (bicyclic) bond motifs is 1. The van der Waals surface area contributed by atoms with Gasteiger partial charge >= 0.3 is 0 Å². The minimum absolute atomic E-state index is 0.430. The first-order chi connectivity index (χ1) is 9.76. The highest BCUT2D eigenvalue weighted by molar-refractivity contribution is 9.11. The van der Waals surface area contributed by atoms with E-state index in [1.807, 2.05) is 30.4 Å². The minimum atomic E-state index is 0.430. The van der Waals surface area contributed by atoms with Gasteiger partial charge in [-0.25, -0.2) is 0 Å². The molecule has 1 atom stereocenters. The van der Waals surface area contributed by atoms with Crippen molar-refractivity contribution >= 4 is 33.0 Å². The van der Waals surface area contributed by atoms with E-state index in [1.165, 1.54) is 33.5 Å². The Morgan fingerprint density at radius 3 is 2.90 bits per heavy atom. The van der Waals surface area contributed by atoms with Gasteiger partial charge < -0.3 is 10.1 Å². The van der Waals surface area contributed by atoms with Gasteiger partial charge in [0.05, 0.1) is 16.4 Å². The molecule has 2 aromatic rings. The van der Waals surface area contributed by atoms with Crippen LogP contribution in [0.2, 0.25) is 0 Å². The summed E-state index contributed by atoms with van der Waals surface area (Å²) in [6.07, 6.45) is 3.67. The summed E-state index contributed by atoms with van der Waals surface area (Å²) in [4.78, 5) is 1.52. The van der Waals surface area contributed by atoms with Crippen molar-refractivity contribution < 1.29 is 4.74 Å². The fourth-order valence-electron chi connectivity index (χ4n) is 2.69. The second kappa shape index (κ2) is 6.19. The smallest absolute Gasteiger partial charge is 0.119 e. The van der Waals surface area contributed by atoms with Crippen molar-refractivity contribution in [2.24, 2.45) is 0 Å². The van der Waals surface area contributed by atoms with Crippen LogP contribution in [0.15, 0.2) is 34.1 Å². The highest BCUT2D eigenvalue weighted by Gasteiger charge is 2.22. The predicted octanol–water partition coefficient (Wildman–Crippen LogP) is 5.40. The minimum Gasteiger partial charge on any atom is -0.494 e. The maximum absolute atomic E-state index is 5.48. The van der Waals surface area contributed by atoms with Gasteiger partial charge in [0.25, 0.3) is 0 Å². The number of benzene rings is 1. The Kier molecular flexibility index (Phi) is 4.32. The Bertz CT molecular complexity index is 579. The lowest BCUT2D eigenvalue weighted by Crippen LogP contribution is -2.15. The fourth-order valence-corrected chi connectivity index (χ4v) is 4.51. The molecule has 3 rings (SSSR count). The predicted molar refractivity (Wildman–Crippen MR) is 88.9 cm³/mol. The lowest BCUT2D eigenvalue weighted by Gasteiger charge is -2.24. The number of hydrogen-bond donors (Lipinski definition) is 1. The summed E-state index contributed by atoms with van der Waals surface area (Å²) in [5, 5.41) is 3.65. The van der Waals surface area contributed by atoms with E-state index >= 15 is 0 Å². The third-order valence-electron chi connectivity index (χ3n) is 3.59. The Balaban J connectivity index is 1.75. The van der Waals surface area contributed by atoms with Crippen LogP contribution in [0.25, 0.3) is 0 Å². The fraction of sp³-hybridized carbons (Fsp3) is 0.375. The molecule has 1 aromatic heterocycles. The van der Waals surface area contributed by atoms with Gasteiger partial charge in [-0.05, 0) is 78.0 Å². The number of rotatable bonds is 4. The molecular weight excluding hydrogens is 334 g/mol. The van der Waals surface area contributed by atoms with Gasteiger partial charge in [-0.1, -0.05) is 0 Å². The molecule has 0 radical (unpaired) electrons. The summed E-state index contributed by atoms with van der Waals surface area (Å²) in [5.74, 6) is 0.931. The molecule has 20 heavy (non-hydrogen) atoms. The van der Waals surface area contributed by atoms with Crippen LogP contribution < -0.4 is 10.1 Å². The molecule has 2 nitrogen and oxygen atoms in total. The van der Waals surface area contributed by atoms with Crippen molar-refractivity contribution in [3.05, 3.63) is 44.6 Å². The van der Waals surface area contributed by atoms with Crippen LogP contribution in [-0.2, 0) is 6.42 Å². The van der Waals surface area contributed by atoms with E-state index < -0.39 is 0 Å². The standard InChI is InChI=1S/C16H18BrNOS/c1-2-19-12-8-6-11(7-9-12)18-14-4-3-5-15-13(14)10-16(17)20-15/h6-10,14,18H,2-5H2,1H3. The van der Waals surface area contributed by atoms with Crippen LogP contribution in [0.4, 0.5) is 5.69 Å². The van der Waals surface area contributed by atoms with Crippen LogP contribution in [0, 0.1) is 0 Å². The number of nitrogens with one attached hydrogen (secondary N) is 1. The van der Waals surface area contributed by atoms with Gasteiger partial charge in [0.1, 0.15) is 5.75 Å². The van der Waals surface area contributed by atoms with Crippen molar-refractivity contribution in [2.45, 2.75) is 32.2 Å². The van der Waals surface area contributed by atoms with E-state index in [0.717, 1.165) is 11.4 Å². The molecule has 0 bridgehead atoms. The molecule has 1 aliphatic carbocycles. The molecule has 0 fully saturated rings. The maximum atomic E-state index is 5.48. The topological polar surface area (TPSA) is 21.3 Å². The lowest BCUT2D eigenvalue weighted by atomic mass is 9.94. The summed E-state index contributed by atoms with van der Waals surface area (Å²) in [6, 6.07) is 10.9. The van der Waals surface area contributed by atoms with Gasteiger partial charge in [-0.2, -0.15) is 0 Å². The number of halogens is 1. The zero-order chi connectivity index (χ0) is 13.9. The average molecular weight is 352 g/mol. The highest BCUT2D eigenvalue weighted by Crippen LogP contribution is 2.39. The van der Waals surface area contributed by atoms with E-state index in [9.17, 15) is 0 Å². The van der Waals surface area contributed by atoms with Gasteiger partial charge in [0.2, 0.25) is 0 Å². The van der Waals surface area contributed by atoms with Crippen LogP contribution in [0.5, 0.6) is 5.75 Å². The number of thiophene rings is 1. The highest BCUT2D eigenvalue weighted by atomic mass is 79.9. The molecule has 1 aliphatic rings. The molecule has 1 N–H and O–H groups in total. The van der Waals surface area contributed by atoms with Crippen LogP contribution in [-0.4, -0.2) is 6.61 Å². The van der Waals surface area contributed by atoms with Crippen LogP contribution in [0.3, 0.4) is 0 Å². The Hall–Kier alpha value is -1.00. The largest absolute Gasteiger partial charge is 0.494 e. The van der Waals surface area contributed by atoms with Crippen molar-refractivity contribution in [1.29, 1.82) is 0 Å². The van der Waals surface area contributed by atoms with Gasteiger partial charge in [0.15, 0.2) is 0 Å². The van der Waals surface area contributed by atoms with E-state index in [4.69, 9.17) is 4.74 Å². The Morgan fingerprint density at radius 2 is 2.15 bits per heavy atom. The molecule has 0 spiro atoms. The van der Waals surface area contributed by atoms with Gasteiger partial charge in [-0.15, -0.1) is 11.3 Å². The summed E-state index contributed by atoms with van der Waals surface area (Å²) < 4.78 is 6.72. The quantitative estimate of drug-likeness (QED) is 0.796. The molecule has 4 heteroatoms. The summed E-state index contributed by atoms with van der Waals surface area (Å²) in [7, 11) is 0. The first-order valence-electron chi connectivity index (χ1n) is 7.04. The summed E-state index contributed by atoms with van der Waals surface area (Å²) in [6.45, 7) is 2.71. The van der Waals surface area contributed by atoms with Crippen molar-refractivity contribution in [1.82, 2.24) is 0 Å². The van der Waals surface area contributed by atoms with E-state index in [-0.39, 0.29) is 0 Å². The van der Waals surface area contributed by atoms with E-state index in [1.54, 1.807) is 0 Å². The maximum Gasteiger partial charge on any atom is 0.119 e. The molecule has 106 valence electrons. The molecule has 0 saturated carbocycles. The number of aryl methyl sites for hydroxylation is 1. The molecule has 0 amide bonds. The molecule has 1 aromatic carbocycles. The van der Waals surface area contributed by atoms with Gasteiger partial charge in [0, 0.05) is 10.6 Å². The Morgan fingerprint density at radius 1 is 1.35 bits per heavy atom. The molecule has 1 heterocycles. The second-order valence-electron chi connectivity index (χ2n) is 4.98. The lowest BCUT2D eigenvalue weighted by molar-refractivity contribution is 0.340. The van der Waals surface area contributed by atoms with Crippen molar-refractivity contribution in [3.8, 4) is 5.75 Å². The summed E-state index contributed by atoms with van der Waals surface area (Å²) in [5.41, 5.74) is 2.62. The second-order valence-corrected chi connectivity index (χ2v) is 7.49. The number of ether oxygens (including phenoxy) is 1. The Labute approximate surface area is 132 Å². The van der Waals surface area contributed by atoms with Crippen molar-refractivity contribution in [2.75, 3.05) is 11.9 Å². The number of anilines is 1. The van der Waals surface area contributed by atoms with Gasteiger partial charge in [-0.3, -0.25) is 0 Å². The van der Waals surface area contributed by atoms with Crippen LogP contribution >= 0.6 is 27.3 Å². The zero-order valence-corrected chi connectivity index (χ0v) is 13.9. The van der Waals surface area contributed by atoms with E-state index in [0.29, 0.717) is 12.6 Å². The zero-order valence-electron chi connectivity index (χ0n) is 11.5. The first-order valence-corrected chi connectivity index (χ1v) is 8.64. The SMILES string of the molecule is CCOc1ccc(NC2CCCc3sc(Br)cc32)cc1. The monoisotopic (exact) mass is 351 g/mol.